The molecule has 1 aromatic heterocycles. The monoisotopic (exact) mass is 639 g/mol. The molecule has 0 spiro atoms. The van der Waals surface area contributed by atoms with E-state index in [-0.39, 0.29) is 37.6 Å². The normalized spacial score (nSPS) is 11.9. The van der Waals surface area contributed by atoms with E-state index in [1.165, 1.54) is 32.3 Å². The van der Waals surface area contributed by atoms with Crippen LogP contribution < -0.4 is 9.64 Å². The summed E-state index contributed by atoms with van der Waals surface area (Å²) in [5.41, 5.74) is 2.64. The zero-order valence-corrected chi connectivity index (χ0v) is 26.4. The largest absolute Gasteiger partial charge is 0.490 e. The van der Waals surface area contributed by atoms with Gasteiger partial charge in [0.1, 0.15) is 5.82 Å². The van der Waals surface area contributed by atoms with E-state index < -0.39 is 29.1 Å². The van der Waals surface area contributed by atoms with Crippen LogP contribution in [0, 0.1) is 26.6 Å². The molecule has 3 aromatic carbocycles. The maximum atomic E-state index is 14.9. The Hall–Kier alpha value is -4.51. The van der Waals surface area contributed by atoms with Crippen LogP contribution in [0.1, 0.15) is 65.6 Å². The highest BCUT2D eigenvalue weighted by atomic mass is 19.4. The molecule has 2 N–H and O–H groups in total. The Morgan fingerprint density at radius 3 is 2.24 bits per heavy atom. The molecule has 0 bridgehead atoms. The third kappa shape index (κ3) is 8.81. The number of aryl methyl sites for hydroxylation is 3. The lowest BCUT2D eigenvalue weighted by molar-refractivity contribution is -0.138. The van der Waals surface area contributed by atoms with Gasteiger partial charge in [-0.15, -0.1) is 0 Å². The van der Waals surface area contributed by atoms with Crippen LogP contribution in [0.4, 0.5) is 23.5 Å². The Kier molecular flexibility index (Phi) is 10.4. The maximum absolute atomic E-state index is 14.9. The van der Waals surface area contributed by atoms with E-state index in [2.05, 4.69) is 9.97 Å². The van der Waals surface area contributed by atoms with Crippen LogP contribution in [0.2, 0.25) is 0 Å². The van der Waals surface area contributed by atoms with Crippen LogP contribution in [0.25, 0.3) is 11.1 Å². The minimum Gasteiger partial charge on any atom is -0.490 e. The van der Waals surface area contributed by atoms with E-state index in [0.29, 0.717) is 34.4 Å². The van der Waals surface area contributed by atoms with Crippen molar-refractivity contribution in [1.82, 2.24) is 9.97 Å². The molecule has 0 amide bonds. The second-order valence-electron chi connectivity index (χ2n) is 12.0. The molecule has 0 saturated heterocycles. The molecule has 0 unspecified atom stereocenters. The highest BCUT2D eigenvalue weighted by molar-refractivity contribution is 5.72. The first-order chi connectivity index (χ1) is 21.5. The minimum absolute atomic E-state index is 0.0360. The molecule has 11 heteroatoms. The Balaban J connectivity index is 1.76. The van der Waals surface area contributed by atoms with Gasteiger partial charge in [-0.3, -0.25) is 4.79 Å². The molecule has 4 aromatic rings. The molecular formula is C35H37F4N3O4. The number of carboxylic acids is 1. The Bertz CT molecular complexity index is 1700. The molecule has 0 saturated carbocycles. The first kappa shape index (κ1) is 34.4. The number of hydrogen-bond donors (Lipinski definition) is 2. The number of aliphatic carboxylic acids is 1. The predicted molar refractivity (Wildman–Crippen MR) is 167 cm³/mol. The van der Waals surface area contributed by atoms with E-state index in [9.17, 15) is 27.5 Å². The van der Waals surface area contributed by atoms with E-state index in [4.69, 9.17) is 9.84 Å². The van der Waals surface area contributed by atoms with Crippen molar-refractivity contribution in [3.63, 3.8) is 0 Å². The average Bonchev–Trinajstić information content (AvgIpc) is 2.94. The summed E-state index contributed by atoms with van der Waals surface area (Å²) in [5, 5.41) is 19.5. The van der Waals surface area contributed by atoms with Crippen molar-refractivity contribution in [3.05, 3.63) is 106 Å². The second-order valence-corrected chi connectivity index (χ2v) is 12.0. The number of nitrogens with zero attached hydrogens (tertiary/aromatic N) is 3. The summed E-state index contributed by atoms with van der Waals surface area (Å²) in [6, 6.07) is 12.7. The van der Waals surface area contributed by atoms with E-state index in [0.717, 1.165) is 28.8 Å². The molecule has 0 aliphatic heterocycles. The molecule has 46 heavy (non-hydrogen) atoms. The first-order valence-corrected chi connectivity index (χ1v) is 14.7. The summed E-state index contributed by atoms with van der Waals surface area (Å²) in [6.45, 7) is 8.68. The molecule has 0 fully saturated rings. The van der Waals surface area contributed by atoms with Gasteiger partial charge in [-0.25, -0.2) is 14.4 Å². The second kappa shape index (κ2) is 13.9. The number of ether oxygens (including phenoxy) is 1. The number of aliphatic hydroxyl groups is 1. The SMILES string of the molecule is Cc1cc(CN(Cc2cc(C)ccc2-c2cc(C(C)(C)O)c(F)cc2C)c2ncc(OCCCC(=O)O)cn2)cc(C(F)(F)F)c1. The summed E-state index contributed by atoms with van der Waals surface area (Å²) >= 11 is 0. The number of halogens is 4. The van der Waals surface area contributed by atoms with Crippen LogP contribution >= 0.6 is 0 Å². The third-order valence-electron chi connectivity index (χ3n) is 7.42. The maximum Gasteiger partial charge on any atom is 0.416 e. The molecular weight excluding hydrogens is 602 g/mol. The van der Waals surface area contributed by atoms with Crippen molar-refractivity contribution in [2.75, 3.05) is 11.5 Å². The number of carboxylic acid groups (broad SMARTS) is 1. The van der Waals surface area contributed by atoms with Gasteiger partial charge in [0.25, 0.3) is 0 Å². The Morgan fingerprint density at radius 2 is 1.61 bits per heavy atom. The minimum atomic E-state index is -4.52. The van der Waals surface area contributed by atoms with Gasteiger partial charge in [0.2, 0.25) is 5.95 Å². The summed E-state index contributed by atoms with van der Waals surface area (Å²) < 4.78 is 61.6. The smallest absolute Gasteiger partial charge is 0.416 e. The molecule has 0 aliphatic rings. The predicted octanol–water partition coefficient (Wildman–Crippen LogP) is 7.90. The summed E-state index contributed by atoms with van der Waals surface area (Å²) in [4.78, 5) is 21.4. The van der Waals surface area contributed by atoms with Crippen molar-refractivity contribution in [2.45, 2.75) is 72.3 Å². The first-order valence-electron chi connectivity index (χ1n) is 14.7. The van der Waals surface area contributed by atoms with Gasteiger partial charge in [0.05, 0.1) is 30.2 Å². The van der Waals surface area contributed by atoms with Gasteiger partial charge in [-0.1, -0.05) is 35.4 Å². The van der Waals surface area contributed by atoms with Crippen LogP contribution in [0.3, 0.4) is 0 Å². The number of benzene rings is 3. The topological polar surface area (TPSA) is 95.8 Å². The van der Waals surface area contributed by atoms with Gasteiger partial charge < -0.3 is 19.8 Å². The summed E-state index contributed by atoms with van der Waals surface area (Å²) in [7, 11) is 0. The fourth-order valence-corrected chi connectivity index (χ4v) is 5.25. The summed E-state index contributed by atoms with van der Waals surface area (Å²) in [5.74, 6) is -0.907. The lowest BCUT2D eigenvalue weighted by Crippen LogP contribution is -2.25. The molecule has 244 valence electrons. The zero-order valence-electron chi connectivity index (χ0n) is 26.4. The van der Waals surface area contributed by atoms with Crippen molar-refractivity contribution in [2.24, 2.45) is 0 Å². The van der Waals surface area contributed by atoms with E-state index in [1.807, 2.05) is 25.1 Å². The van der Waals surface area contributed by atoms with Crippen LogP contribution in [-0.2, 0) is 29.7 Å². The standard InChI is InChI=1S/C35H37F4N3O4/c1-21-8-9-28(29-16-30(34(4,5)45)31(36)14-23(29)3)25(12-21)20-42(19-24-11-22(2)13-26(15-24)35(37,38)39)33-40-17-27(18-41-33)46-10-6-7-32(43)44/h8-9,11-18,45H,6-7,10,19-20H2,1-5H3,(H,43,44). The van der Waals surface area contributed by atoms with Crippen LogP contribution in [0.5, 0.6) is 5.75 Å². The Labute approximate surface area is 265 Å². The zero-order chi connectivity index (χ0) is 33.8. The lowest BCUT2D eigenvalue weighted by Gasteiger charge is -2.26. The lowest BCUT2D eigenvalue weighted by atomic mass is 9.88. The number of anilines is 1. The molecule has 1 heterocycles. The summed E-state index contributed by atoms with van der Waals surface area (Å²) in [6.07, 6.45) is -1.41. The number of hydrogen-bond acceptors (Lipinski definition) is 6. The van der Waals surface area contributed by atoms with E-state index >= 15 is 0 Å². The van der Waals surface area contributed by atoms with Crippen molar-refractivity contribution >= 4 is 11.9 Å². The highest BCUT2D eigenvalue weighted by Gasteiger charge is 2.31. The van der Waals surface area contributed by atoms with Gasteiger partial charge in [0.15, 0.2) is 5.75 Å². The molecule has 0 radical (unpaired) electrons. The van der Waals surface area contributed by atoms with Gasteiger partial charge in [0, 0.05) is 25.1 Å². The number of aromatic nitrogens is 2. The fraction of sp³-hybridized carbons (Fsp3) is 0.343. The van der Waals surface area contributed by atoms with Gasteiger partial charge in [-0.05, 0) is 93.1 Å². The molecule has 0 aliphatic carbocycles. The van der Waals surface area contributed by atoms with Crippen molar-refractivity contribution < 1.29 is 37.3 Å². The van der Waals surface area contributed by atoms with Gasteiger partial charge >= 0.3 is 12.1 Å². The number of alkyl halides is 3. The average molecular weight is 640 g/mol. The van der Waals surface area contributed by atoms with Crippen LogP contribution in [0.15, 0.2) is 60.9 Å². The van der Waals surface area contributed by atoms with Crippen molar-refractivity contribution in [1.29, 1.82) is 0 Å². The van der Waals surface area contributed by atoms with Crippen LogP contribution in [-0.4, -0.2) is 32.8 Å². The Morgan fingerprint density at radius 1 is 0.913 bits per heavy atom. The fourth-order valence-electron chi connectivity index (χ4n) is 5.25. The van der Waals surface area contributed by atoms with Crippen molar-refractivity contribution in [3.8, 4) is 16.9 Å². The third-order valence-corrected chi connectivity index (χ3v) is 7.42. The van der Waals surface area contributed by atoms with E-state index in [1.54, 1.807) is 30.9 Å². The molecule has 0 atom stereocenters. The number of carbonyl (C=O) groups is 1. The molecule has 4 rings (SSSR count). The quantitative estimate of drug-likeness (QED) is 0.120. The highest BCUT2D eigenvalue weighted by Crippen LogP contribution is 2.35. The number of rotatable bonds is 12. The van der Waals surface area contributed by atoms with Gasteiger partial charge in [-0.2, -0.15) is 13.2 Å². The molecule has 7 nitrogen and oxygen atoms in total.